The molecule has 0 aromatic heterocycles. The van der Waals surface area contributed by atoms with Crippen LogP contribution in [0, 0.1) is 11.2 Å². The van der Waals surface area contributed by atoms with E-state index in [2.05, 4.69) is 20.8 Å². The van der Waals surface area contributed by atoms with E-state index in [1.807, 2.05) is 12.1 Å². The highest BCUT2D eigenvalue weighted by atomic mass is 19.1. The van der Waals surface area contributed by atoms with Gasteiger partial charge in [0.2, 0.25) is 0 Å². The van der Waals surface area contributed by atoms with Crippen LogP contribution >= 0.6 is 0 Å². The fourth-order valence-electron chi connectivity index (χ4n) is 1.31. The fraction of sp³-hybridized carbons (Fsp3) is 0.538. The van der Waals surface area contributed by atoms with E-state index < -0.39 is 0 Å². The molecule has 0 unspecified atom stereocenters. The van der Waals surface area contributed by atoms with Crippen LogP contribution in [0.2, 0.25) is 0 Å². The van der Waals surface area contributed by atoms with Crippen molar-refractivity contribution in [3.63, 3.8) is 0 Å². The Labute approximate surface area is 86.2 Å². The zero-order valence-corrected chi connectivity index (χ0v) is 9.31. The smallest absolute Gasteiger partial charge is 0.123 e. The van der Waals surface area contributed by atoms with Crippen LogP contribution < -0.4 is 0 Å². The lowest BCUT2D eigenvalue weighted by atomic mass is 9.84. The summed E-state index contributed by atoms with van der Waals surface area (Å²) in [5.41, 5.74) is 1.63. The Kier molecular flexibility index (Phi) is 3.68. The maximum Gasteiger partial charge on any atom is 0.123 e. The van der Waals surface area contributed by atoms with Crippen molar-refractivity contribution in [2.24, 2.45) is 5.41 Å². The highest BCUT2D eigenvalue weighted by molar-refractivity contribution is 5.16. The minimum absolute atomic E-state index is 0.150. The minimum Gasteiger partial charge on any atom is -0.207 e. The molecule has 0 saturated heterocycles. The van der Waals surface area contributed by atoms with E-state index in [-0.39, 0.29) is 5.82 Å². The van der Waals surface area contributed by atoms with Crippen molar-refractivity contribution in [2.45, 2.75) is 40.0 Å². The predicted octanol–water partition coefficient (Wildman–Crippen LogP) is 4.19. The zero-order valence-electron chi connectivity index (χ0n) is 9.31. The maximum atomic E-state index is 12.6. The van der Waals surface area contributed by atoms with E-state index in [0.29, 0.717) is 5.41 Å². The number of hydrogen-bond donors (Lipinski definition) is 0. The summed E-state index contributed by atoms with van der Waals surface area (Å²) in [5.74, 6) is -0.150. The van der Waals surface area contributed by atoms with Gasteiger partial charge >= 0.3 is 0 Å². The summed E-state index contributed by atoms with van der Waals surface area (Å²) in [6.45, 7) is 6.76. The van der Waals surface area contributed by atoms with E-state index >= 15 is 0 Å². The molecule has 0 heterocycles. The Morgan fingerprint density at radius 1 is 1.14 bits per heavy atom. The summed E-state index contributed by atoms with van der Waals surface area (Å²) in [4.78, 5) is 0. The molecular weight excluding hydrogens is 175 g/mol. The second kappa shape index (κ2) is 4.59. The third kappa shape index (κ3) is 3.49. The zero-order chi connectivity index (χ0) is 10.6. The van der Waals surface area contributed by atoms with Crippen LogP contribution in [0.25, 0.3) is 0 Å². The Balaban J connectivity index is 2.50. The molecule has 1 rings (SSSR count). The topological polar surface area (TPSA) is 0 Å². The Morgan fingerprint density at radius 2 is 1.71 bits per heavy atom. The lowest BCUT2D eigenvalue weighted by molar-refractivity contribution is 0.322. The van der Waals surface area contributed by atoms with Gasteiger partial charge in [-0.05, 0) is 36.0 Å². The van der Waals surface area contributed by atoms with Crippen molar-refractivity contribution < 1.29 is 4.39 Å². The van der Waals surface area contributed by atoms with Gasteiger partial charge in [0.05, 0.1) is 0 Å². The van der Waals surface area contributed by atoms with Gasteiger partial charge in [-0.15, -0.1) is 0 Å². The molecular formula is C13H19F. The van der Waals surface area contributed by atoms with Gasteiger partial charge in [-0.2, -0.15) is 0 Å². The molecule has 0 radical (unpaired) electrons. The lowest BCUT2D eigenvalue weighted by Gasteiger charge is -2.22. The molecule has 1 aromatic rings. The van der Waals surface area contributed by atoms with E-state index in [0.717, 1.165) is 12.8 Å². The molecule has 78 valence electrons. The molecule has 0 N–H and O–H groups in total. The van der Waals surface area contributed by atoms with Gasteiger partial charge in [0.1, 0.15) is 5.82 Å². The minimum atomic E-state index is -0.150. The van der Waals surface area contributed by atoms with E-state index in [9.17, 15) is 4.39 Å². The molecule has 0 atom stereocenters. The first-order valence-corrected chi connectivity index (χ1v) is 5.28. The second-order valence-corrected chi connectivity index (χ2v) is 4.64. The van der Waals surface area contributed by atoms with E-state index in [4.69, 9.17) is 0 Å². The van der Waals surface area contributed by atoms with Gasteiger partial charge in [0.15, 0.2) is 0 Å². The van der Waals surface area contributed by atoms with E-state index in [1.165, 1.54) is 24.1 Å². The van der Waals surface area contributed by atoms with Crippen molar-refractivity contribution >= 4 is 0 Å². The van der Waals surface area contributed by atoms with Gasteiger partial charge in [-0.1, -0.05) is 39.3 Å². The van der Waals surface area contributed by atoms with Gasteiger partial charge < -0.3 is 0 Å². The van der Waals surface area contributed by atoms with Crippen LogP contribution in [0.5, 0.6) is 0 Å². The normalized spacial score (nSPS) is 11.7. The largest absolute Gasteiger partial charge is 0.207 e. The SMILES string of the molecule is CCC(C)(C)CCc1ccc(F)cc1. The first-order valence-electron chi connectivity index (χ1n) is 5.28. The van der Waals surface area contributed by atoms with Crippen LogP contribution in [0.15, 0.2) is 24.3 Å². The molecule has 0 spiro atoms. The van der Waals surface area contributed by atoms with Crippen molar-refractivity contribution in [2.75, 3.05) is 0 Å². The number of halogens is 1. The second-order valence-electron chi connectivity index (χ2n) is 4.64. The van der Waals surface area contributed by atoms with Crippen molar-refractivity contribution in [1.29, 1.82) is 0 Å². The lowest BCUT2D eigenvalue weighted by Crippen LogP contribution is -2.10. The Morgan fingerprint density at radius 3 is 2.21 bits per heavy atom. The first kappa shape index (κ1) is 11.2. The molecule has 0 aliphatic rings. The summed E-state index contributed by atoms with van der Waals surface area (Å²) in [7, 11) is 0. The van der Waals surface area contributed by atoms with Crippen molar-refractivity contribution in [1.82, 2.24) is 0 Å². The average molecular weight is 194 g/mol. The molecule has 0 aliphatic heterocycles. The van der Waals surface area contributed by atoms with Gasteiger partial charge in [0.25, 0.3) is 0 Å². The Bertz CT molecular complexity index is 272. The molecule has 1 heteroatoms. The maximum absolute atomic E-state index is 12.6. The number of hydrogen-bond acceptors (Lipinski definition) is 0. The predicted molar refractivity (Wildman–Crippen MR) is 58.8 cm³/mol. The molecule has 0 aliphatic carbocycles. The summed E-state index contributed by atoms with van der Waals surface area (Å²) >= 11 is 0. The van der Waals surface area contributed by atoms with Crippen molar-refractivity contribution in [3.05, 3.63) is 35.6 Å². The number of benzene rings is 1. The van der Waals surface area contributed by atoms with Crippen LogP contribution in [0.3, 0.4) is 0 Å². The number of rotatable bonds is 4. The van der Waals surface area contributed by atoms with E-state index in [1.54, 1.807) is 0 Å². The highest BCUT2D eigenvalue weighted by Crippen LogP contribution is 2.26. The van der Waals surface area contributed by atoms with Crippen LogP contribution in [0.1, 0.15) is 39.2 Å². The monoisotopic (exact) mass is 194 g/mol. The summed E-state index contributed by atoms with van der Waals surface area (Å²) in [6, 6.07) is 6.82. The standard InChI is InChI=1S/C13H19F/c1-4-13(2,3)10-9-11-5-7-12(14)8-6-11/h5-8H,4,9-10H2,1-3H3. The number of aryl methyl sites for hydroxylation is 1. The van der Waals surface area contributed by atoms with Gasteiger partial charge in [-0.25, -0.2) is 4.39 Å². The molecule has 0 amide bonds. The third-order valence-electron chi connectivity index (χ3n) is 2.96. The summed E-state index contributed by atoms with van der Waals surface area (Å²) in [5, 5.41) is 0. The van der Waals surface area contributed by atoms with Crippen LogP contribution in [-0.4, -0.2) is 0 Å². The molecule has 1 aromatic carbocycles. The highest BCUT2D eigenvalue weighted by Gasteiger charge is 2.14. The van der Waals surface area contributed by atoms with Crippen LogP contribution in [-0.2, 0) is 6.42 Å². The summed E-state index contributed by atoms with van der Waals surface area (Å²) < 4.78 is 12.6. The average Bonchev–Trinajstić information content (AvgIpc) is 2.17. The van der Waals surface area contributed by atoms with Crippen LogP contribution in [0.4, 0.5) is 4.39 Å². The Hall–Kier alpha value is -0.850. The molecule has 14 heavy (non-hydrogen) atoms. The third-order valence-corrected chi connectivity index (χ3v) is 2.96. The van der Waals surface area contributed by atoms with Gasteiger partial charge in [-0.3, -0.25) is 0 Å². The summed E-state index contributed by atoms with van der Waals surface area (Å²) in [6.07, 6.45) is 3.39. The molecule has 0 nitrogen and oxygen atoms in total. The molecule has 0 fully saturated rings. The van der Waals surface area contributed by atoms with Crippen molar-refractivity contribution in [3.8, 4) is 0 Å². The molecule has 0 bridgehead atoms. The quantitative estimate of drug-likeness (QED) is 0.674. The first-order chi connectivity index (χ1) is 6.53. The molecule has 0 saturated carbocycles. The fourth-order valence-corrected chi connectivity index (χ4v) is 1.31. The van der Waals surface area contributed by atoms with Gasteiger partial charge in [0, 0.05) is 0 Å².